The summed E-state index contributed by atoms with van der Waals surface area (Å²) in [5.74, 6) is -0.149. The summed E-state index contributed by atoms with van der Waals surface area (Å²) < 4.78 is 7.06. The van der Waals surface area contributed by atoms with Gasteiger partial charge in [0.25, 0.3) is 5.91 Å². The van der Waals surface area contributed by atoms with Gasteiger partial charge in [-0.15, -0.1) is 0 Å². The average Bonchev–Trinajstić information content (AvgIpc) is 2.84. The molecule has 0 bridgehead atoms. The highest BCUT2D eigenvalue weighted by molar-refractivity contribution is 6.02. The van der Waals surface area contributed by atoms with Crippen LogP contribution in [0.4, 0.5) is 5.82 Å². The Bertz CT molecular complexity index is 893. The molecule has 0 saturated heterocycles. The number of carbonyl (C=O) groups is 1. The van der Waals surface area contributed by atoms with E-state index in [9.17, 15) is 9.59 Å². The number of carbonyl (C=O) groups excluding carboxylic acids is 1. The molecule has 106 valence electrons. The Labute approximate surface area is 120 Å². The fourth-order valence-electron chi connectivity index (χ4n) is 2.04. The van der Waals surface area contributed by atoms with Crippen molar-refractivity contribution in [2.24, 2.45) is 7.05 Å². The highest BCUT2D eigenvalue weighted by Gasteiger charge is 2.13. The lowest BCUT2D eigenvalue weighted by molar-refractivity contribution is 0.0996. The third kappa shape index (κ3) is 2.55. The van der Waals surface area contributed by atoms with E-state index in [1.165, 1.54) is 6.07 Å². The SMILES string of the molecule is Cc1ccc2oc(C(=O)Nc3ccn(C)n3)cc(=O)c2c1. The maximum Gasteiger partial charge on any atom is 0.292 e. The van der Waals surface area contributed by atoms with Gasteiger partial charge >= 0.3 is 0 Å². The van der Waals surface area contributed by atoms with Crippen molar-refractivity contribution in [2.75, 3.05) is 5.32 Å². The van der Waals surface area contributed by atoms with Gasteiger partial charge in [-0.2, -0.15) is 5.10 Å². The normalized spacial score (nSPS) is 10.8. The molecule has 2 heterocycles. The van der Waals surface area contributed by atoms with Crippen molar-refractivity contribution in [1.82, 2.24) is 9.78 Å². The smallest absolute Gasteiger partial charge is 0.292 e. The van der Waals surface area contributed by atoms with Gasteiger partial charge in [-0.3, -0.25) is 14.3 Å². The van der Waals surface area contributed by atoms with Gasteiger partial charge in [0.15, 0.2) is 17.0 Å². The molecule has 21 heavy (non-hydrogen) atoms. The van der Waals surface area contributed by atoms with Crippen molar-refractivity contribution in [1.29, 1.82) is 0 Å². The topological polar surface area (TPSA) is 77.1 Å². The van der Waals surface area contributed by atoms with Crippen molar-refractivity contribution in [3.63, 3.8) is 0 Å². The molecule has 0 radical (unpaired) electrons. The van der Waals surface area contributed by atoms with Crippen LogP contribution >= 0.6 is 0 Å². The van der Waals surface area contributed by atoms with E-state index in [0.29, 0.717) is 16.8 Å². The van der Waals surface area contributed by atoms with Crippen LogP contribution in [0.2, 0.25) is 0 Å². The fourth-order valence-corrected chi connectivity index (χ4v) is 2.04. The molecule has 0 fully saturated rings. The summed E-state index contributed by atoms with van der Waals surface area (Å²) >= 11 is 0. The van der Waals surface area contributed by atoms with Crippen LogP contribution in [-0.2, 0) is 7.05 Å². The number of amides is 1. The predicted octanol–water partition coefficient (Wildman–Crippen LogP) is 2.09. The molecule has 6 heteroatoms. The summed E-state index contributed by atoms with van der Waals surface area (Å²) in [6.07, 6.45) is 1.70. The van der Waals surface area contributed by atoms with Crippen molar-refractivity contribution < 1.29 is 9.21 Å². The Morgan fingerprint density at radius 1 is 1.29 bits per heavy atom. The summed E-state index contributed by atoms with van der Waals surface area (Å²) in [4.78, 5) is 24.1. The van der Waals surface area contributed by atoms with Crippen LogP contribution in [0.1, 0.15) is 16.1 Å². The lowest BCUT2D eigenvalue weighted by Gasteiger charge is -2.03. The van der Waals surface area contributed by atoms with Crippen molar-refractivity contribution in [3.05, 3.63) is 58.1 Å². The fraction of sp³-hybridized carbons (Fsp3) is 0.133. The van der Waals surface area contributed by atoms with Crippen molar-refractivity contribution in [3.8, 4) is 0 Å². The molecule has 1 N–H and O–H groups in total. The molecule has 0 aliphatic rings. The summed E-state index contributed by atoms with van der Waals surface area (Å²) in [7, 11) is 1.74. The number of benzene rings is 1. The molecule has 0 unspecified atom stereocenters. The summed E-state index contributed by atoms with van der Waals surface area (Å²) in [6, 6.07) is 8.09. The Hall–Kier alpha value is -2.89. The zero-order valence-corrected chi connectivity index (χ0v) is 11.6. The second-order valence-electron chi connectivity index (χ2n) is 4.80. The molecule has 0 aliphatic heterocycles. The number of fused-ring (bicyclic) bond motifs is 1. The Kier molecular flexibility index (Phi) is 3.06. The summed E-state index contributed by atoms with van der Waals surface area (Å²) in [6.45, 7) is 1.89. The summed E-state index contributed by atoms with van der Waals surface area (Å²) in [5, 5.41) is 7.08. The van der Waals surface area contributed by atoms with Crippen molar-refractivity contribution in [2.45, 2.75) is 6.92 Å². The quantitative estimate of drug-likeness (QED) is 0.781. The van der Waals surface area contributed by atoms with Gasteiger partial charge in [-0.05, 0) is 19.1 Å². The number of nitrogens with zero attached hydrogens (tertiary/aromatic N) is 2. The zero-order valence-electron chi connectivity index (χ0n) is 11.6. The number of rotatable bonds is 2. The van der Waals surface area contributed by atoms with Crippen LogP contribution in [0.3, 0.4) is 0 Å². The first kappa shape index (κ1) is 13.1. The van der Waals surface area contributed by atoms with Gasteiger partial charge in [0.1, 0.15) is 5.58 Å². The molecule has 3 rings (SSSR count). The number of hydrogen-bond acceptors (Lipinski definition) is 4. The van der Waals surface area contributed by atoms with Gasteiger partial charge in [0.05, 0.1) is 5.39 Å². The minimum absolute atomic E-state index is 0.0398. The lowest BCUT2D eigenvalue weighted by Crippen LogP contribution is -2.15. The molecular weight excluding hydrogens is 270 g/mol. The van der Waals surface area contributed by atoms with Gasteiger partial charge in [0, 0.05) is 25.4 Å². The van der Waals surface area contributed by atoms with E-state index in [2.05, 4.69) is 10.4 Å². The Morgan fingerprint density at radius 3 is 2.81 bits per heavy atom. The van der Waals surface area contributed by atoms with Gasteiger partial charge < -0.3 is 9.73 Å². The third-order valence-electron chi connectivity index (χ3n) is 3.06. The van der Waals surface area contributed by atoms with Crippen LogP contribution in [0.15, 0.2) is 45.7 Å². The van der Waals surface area contributed by atoms with E-state index in [-0.39, 0.29) is 11.2 Å². The average molecular weight is 283 g/mol. The molecule has 2 aromatic heterocycles. The highest BCUT2D eigenvalue weighted by atomic mass is 16.3. The second-order valence-corrected chi connectivity index (χ2v) is 4.80. The first-order chi connectivity index (χ1) is 10.0. The van der Waals surface area contributed by atoms with Gasteiger partial charge in [-0.1, -0.05) is 11.6 Å². The van der Waals surface area contributed by atoms with Crippen LogP contribution in [0.25, 0.3) is 11.0 Å². The van der Waals surface area contributed by atoms with Crippen LogP contribution in [0.5, 0.6) is 0 Å². The third-order valence-corrected chi connectivity index (χ3v) is 3.06. The number of hydrogen-bond donors (Lipinski definition) is 1. The zero-order chi connectivity index (χ0) is 15.0. The minimum atomic E-state index is -0.506. The van der Waals surface area contributed by atoms with Gasteiger partial charge in [-0.25, -0.2) is 0 Å². The van der Waals surface area contributed by atoms with E-state index >= 15 is 0 Å². The molecule has 0 spiro atoms. The Morgan fingerprint density at radius 2 is 2.10 bits per heavy atom. The van der Waals surface area contributed by atoms with Crippen LogP contribution in [0, 0.1) is 6.92 Å². The molecular formula is C15H13N3O3. The number of aryl methyl sites for hydroxylation is 2. The van der Waals surface area contributed by atoms with E-state index in [0.717, 1.165) is 5.56 Å². The van der Waals surface area contributed by atoms with Crippen LogP contribution < -0.4 is 10.7 Å². The van der Waals surface area contributed by atoms with E-state index < -0.39 is 5.91 Å². The van der Waals surface area contributed by atoms with E-state index in [1.54, 1.807) is 36.1 Å². The van der Waals surface area contributed by atoms with E-state index in [1.807, 2.05) is 13.0 Å². The molecule has 1 amide bonds. The monoisotopic (exact) mass is 283 g/mol. The molecule has 1 aromatic carbocycles. The summed E-state index contributed by atoms with van der Waals surface area (Å²) in [5.41, 5.74) is 1.10. The molecule has 0 atom stereocenters. The maximum atomic E-state index is 12.1. The highest BCUT2D eigenvalue weighted by Crippen LogP contribution is 2.15. The second kappa shape index (κ2) is 4.90. The molecule has 0 aliphatic carbocycles. The molecule has 3 aromatic rings. The van der Waals surface area contributed by atoms with Crippen molar-refractivity contribution >= 4 is 22.7 Å². The Balaban J connectivity index is 1.98. The van der Waals surface area contributed by atoms with Gasteiger partial charge in [0.2, 0.25) is 0 Å². The molecule has 6 nitrogen and oxygen atoms in total. The number of aromatic nitrogens is 2. The maximum absolute atomic E-state index is 12.1. The predicted molar refractivity (Wildman–Crippen MR) is 78.4 cm³/mol. The molecule has 0 saturated carbocycles. The first-order valence-electron chi connectivity index (χ1n) is 6.38. The number of nitrogens with one attached hydrogen (secondary N) is 1. The largest absolute Gasteiger partial charge is 0.451 e. The first-order valence-corrected chi connectivity index (χ1v) is 6.38. The number of anilines is 1. The van der Waals surface area contributed by atoms with E-state index in [4.69, 9.17) is 4.42 Å². The van der Waals surface area contributed by atoms with Crippen LogP contribution in [-0.4, -0.2) is 15.7 Å². The standard InChI is InChI=1S/C15H13N3O3/c1-9-3-4-12-10(7-9)11(19)8-13(21-12)15(20)16-14-5-6-18(2)17-14/h3-8H,1-2H3,(H,16,17,20). The minimum Gasteiger partial charge on any atom is -0.451 e. The lowest BCUT2D eigenvalue weighted by atomic mass is 10.1.